The number of nitrogens with zero attached hydrogens (tertiary/aromatic N) is 2. The predicted molar refractivity (Wildman–Crippen MR) is 88.2 cm³/mol. The molecule has 1 aromatic rings. The molecule has 6 nitrogen and oxygen atoms in total. The van der Waals surface area contributed by atoms with Crippen molar-refractivity contribution in [1.29, 1.82) is 0 Å². The number of nitrogens with one attached hydrogen (secondary N) is 2. The van der Waals surface area contributed by atoms with Gasteiger partial charge < -0.3 is 5.32 Å². The van der Waals surface area contributed by atoms with E-state index in [0.29, 0.717) is 13.1 Å². The third kappa shape index (κ3) is 7.30. The van der Waals surface area contributed by atoms with Gasteiger partial charge in [-0.2, -0.15) is 16.9 Å². The van der Waals surface area contributed by atoms with Gasteiger partial charge in [-0.25, -0.2) is 13.1 Å². The number of thioether (sulfide) groups is 1. The van der Waals surface area contributed by atoms with E-state index < -0.39 is 10.0 Å². The van der Waals surface area contributed by atoms with E-state index >= 15 is 0 Å². The monoisotopic (exact) mass is 334 g/mol. The van der Waals surface area contributed by atoms with E-state index in [-0.39, 0.29) is 4.90 Å². The van der Waals surface area contributed by atoms with Gasteiger partial charge in [0.25, 0.3) is 0 Å². The first-order valence-electron chi connectivity index (χ1n) is 7.32. The van der Waals surface area contributed by atoms with Crippen LogP contribution in [0, 0.1) is 0 Å². The molecule has 8 heteroatoms. The summed E-state index contributed by atoms with van der Waals surface area (Å²) in [5, 5.41) is 7.25. The fraction of sp³-hybridized carbons (Fsp3) is 0.769. The highest BCUT2D eigenvalue weighted by Crippen LogP contribution is 2.07. The average molecular weight is 335 g/mol. The second kappa shape index (κ2) is 10.2. The van der Waals surface area contributed by atoms with Gasteiger partial charge in [0, 0.05) is 19.3 Å². The molecule has 0 aromatic carbocycles. The minimum Gasteiger partial charge on any atom is -0.315 e. The van der Waals surface area contributed by atoms with Gasteiger partial charge in [-0.3, -0.25) is 4.68 Å². The van der Waals surface area contributed by atoms with Crippen molar-refractivity contribution in [3.8, 4) is 0 Å². The van der Waals surface area contributed by atoms with Crippen LogP contribution in [0.25, 0.3) is 0 Å². The normalized spacial score (nSPS) is 11.9. The number of aromatic nitrogens is 2. The van der Waals surface area contributed by atoms with Crippen LogP contribution >= 0.6 is 11.8 Å². The lowest BCUT2D eigenvalue weighted by Crippen LogP contribution is -2.24. The smallest absolute Gasteiger partial charge is 0.243 e. The van der Waals surface area contributed by atoms with Gasteiger partial charge in [0.1, 0.15) is 4.90 Å². The molecule has 0 aliphatic carbocycles. The van der Waals surface area contributed by atoms with Crippen LogP contribution in [-0.2, 0) is 16.6 Å². The van der Waals surface area contributed by atoms with Crippen LogP contribution in [0.15, 0.2) is 17.3 Å². The van der Waals surface area contributed by atoms with Crippen molar-refractivity contribution >= 4 is 21.8 Å². The molecule has 0 bridgehead atoms. The van der Waals surface area contributed by atoms with E-state index in [1.807, 2.05) is 18.7 Å². The second-order valence-corrected chi connectivity index (χ2v) is 7.50. The van der Waals surface area contributed by atoms with Crippen LogP contribution in [0.1, 0.15) is 26.2 Å². The summed E-state index contributed by atoms with van der Waals surface area (Å²) in [5.41, 5.74) is 0. The van der Waals surface area contributed by atoms with Crippen LogP contribution < -0.4 is 10.0 Å². The van der Waals surface area contributed by atoms with Gasteiger partial charge >= 0.3 is 0 Å². The Labute approximate surface area is 132 Å². The molecule has 1 aromatic heterocycles. The molecule has 0 spiro atoms. The van der Waals surface area contributed by atoms with Crippen molar-refractivity contribution in [2.45, 2.75) is 37.6 Å². The summed E-state index contributed by atoms with van der Waals surface area (Å²) < 4.78 is 28.4. The van der Waals surface area contributed by atoms with Gasteiger partial charge in [-0.1, -0.05) is 13.3 Å². The molecule has 21 heavy (non-hydrogen) atoms. The fourth-order valence-electron chi connectivity index (χ4n) is 1.81. The van der Waals surface area contributed by atoms with Gasteiger partial charge in [0.2, 0.25) is 10.0 Å². The average Bonchev–Trinajstić information content (AvgIpc) is 2.93. The Morgan fingerprint density at radius 1 is 1.29 bits per heavy atom. The molecule has 0 radical (unpaired) electrons. The molecule has 122 valence electrons. The zero-order chi connectivity index (χ0) is 15.6. The summed E-state index contributed by atoms with van der Waals surface area (Å²) in [6, 6.07) is 0. The summed E-state index contributed by atoms with van der Waals surface area (Å²) in [5.74, 6) is 1.13. The molecule has 0 fully saturated rings. The van der Waals surface area contributed by atoms with E-state index in [9.17, 15) is 8.42 Å². The summed E-state index contributed by atoms with van der Waals surface area (Å²) in [7, 11) is -3.42. The number of rotatable bonds is 12. The Hall–Kier alpha value is -0.570. The molecule has 0 aliphatic rings. The van der Waals surface area contributed by atoms with Crippen molar-refractivity contribution in [2.75, 3.05) is 31.6 Å². The molecular weight excluding hydrogens is 308 g/mol. The summed E-state index contributed by atoms with van der Waals surface area (Å²) in [6.45, 7) is 4.85. The van der Waals surface area contributed by atoms with E-state index in [4.69, 9.17) is 0 Å². The van der Waals surface area contributed by atoms with E-state index in [1.54, 1.807) is 10.9 Å². The molecule has 1 heterocycles. The van der Waals surface area contributed by atoms with E-state index in [2.05, 4.69) is 21.4 Å². The number of likely N-dealkylation sites (N-methyl/N-ethyl adjacent to an activating group) is 1. The van der Waals surface area contributed by atoms with Crippen molar-refractivity contribution in [1.82, 2.24) is 19.8 Å². The SMILES string of the molecule is CCNCCn1cc(S(=O)(=O)NCCCCCSC)cn1. The summed E-state index contributed by atoms with van der Waals surface area (Å²) in [4.78, 5) is 0.239. The minimum absolute atomic E-state index is 0.239. The Balaban J connectivity index is 2.36. The third-order valence-corrected chi connectivity index (χ3v) is 5.12. The topological polar surface area (TPSA) is 76.0 Å². The van der Waals surface area contributed by atoms with Crippen molar-refractivity contribution in [2.24, 2.45) is 0 Å². The highest BCUT2D eigenvalue weighted by atomic mass is 32.2. The lowest BCUT2D eigenvalue weighted by molar-refractivity contribution is 0.562. The number of unbranched alkanes of at least 4 members (excludes halogenated alkanes) is 2. The predicted octanol–water partition coefficient (Wildman–Crippen LogP) is 1.30. The molecule has 0 saturated heterocycles. The first kappa shape index (κ1) is 18.5. The third-order valence-electron chi connectivity index (χ3n) is 3.00. The molecular formula is C13H26N4O2S2. The van der Waals surface area contributed by atoms with E-state index in [1.165, 1.54) is 6.20 Å². The maximum absolute atomic E-state index is 12.1. The lowest BCUT2D eigenvalue weighted by atomic mass is 10.2. The van der Waals surface area contributed by atoms with Crippen LogP contribution in [0.5, 0.6) is 0 Å². The Bertz CT molecular complexity index is 488. The highest BCUT2D eigenvalue weighted by Gasteiger charge is 2.15. The molecule has 0 saturated carbocycles. The van der Waals surface area contributed by atoms with Crippen molar-refractivity contribution in [3.05, 3.63) is 12.4 Å². The number of hydrogen-bond donors (Lipinski definition) is 2. The molecule has 0 amide bonds. The minimum atomic E-state index is -3.42. The second-order valence-electron chi connectivity index (χ2n) is 4.74. The Morgan fingerprint density at radius 3 is 2.81 bits per heavy atom. The summed E-state index contributed by atoms with van der Waals surface area (Å²) in [6.07, 6.45) is 8.11. The maximum Gasteiger partial charge on any atom is 0.243 e. The molecule has 0 unspecified atom stereocenters. The van der Waals surface area contributed by atoms with Gasteiger partial charge in [-0.05, 0) is 31.4 Å². The van der Waals surface area contributed by atoms with Crippen LogP contribution in [-0.4, -0.2) is 49.8 Å². The van der Waals surface area contributed by atoms with Crippen molar-refractivity contribution in [3.63, 3.8) is 0 Å². The van der Waals surface area contributed by atoms with Gasteiger partial charge in [0.15, 0.2) is 0 Å². The first-order valence-corrected chi connectivity index (χ1v) is 10.2. The zero-order valence-corrected chi connectivity index (χ0v) is 14.5. The number of sulfonamides is 1. The zero-order valence-electron chi connectivity index (χ0n) is 12.8. The quantitative estimate of drug-likeness (QED) is 0.564. The first-order chi connectivity index (χ1) is 10.1. The fourth-order valence-corrected chi connectivity index (χ4v) is 3.33. The highest BCUT2D eigenvalue weighted by molar-refractivity contribution is 7.98. The molecule has 1 rings (SSSR count). The molecule has 0 aliphatic heterocycles. The van der Waals surface area contributed by atoms with Gasteiger partial charge in [-0.15, -0.1) is 0 Å². The maximum atomic E-state index is 12.1. The standard InChI is InChI=1S/C13H26N4O2S2/c1-3-14-8-9-17-12-13(11-15-17)21(18,19)16-7-5-4-6-10-20-2/h11-12,14,16H,3-10H2,1-2H3. The molecule has 2 N–H and O–H groups in total. The van der Waals surface area contributed by atoms with Crippen molar-refractivity contribution < 1.29 is 8.42 Å². The Kier molecular flexibility index (Phi) is 8.98. The van der Waals surface area contributed by atoms with Gasteiger partial charge in [0.05, 0.1) is 12.7 Å². The number of hydrogen-bond acceptors (Lipinski definition) is 5. The van der Waals surface area contributed by atoms with E-state index in [0.717, 1.165) is 38.1 Å². The van der Waals surface area contributed by atoms with Crippen LogP contribution in [0.4, 0.5) is 0 Å². The Morgan fingerprint density at radius 2 is 2.10 bits per heavy atom. The van der Waals surface area contributed by atoms with Crippen LogP contribution in [0.2, 0.25) is 0 Å². The molecule has 0 atom stereocenters. The summed E-state index contributed by atoms with van der Waals surface area (Å²) >= 11 is 1.82. The lowest BCUT2D eigenvalue weighted by Gasteiger charge is -2.04. The largest absolute Gasteiger partial charge is 0.315 e. The van der Waals surface area contributed by atoms with Crippen LogP contribution in [0.3, 0.4) is 0 Å².